The number of aromatic nitrogens is 1. The summed E-state index contributed by atoms with van der Waals surface area (Å²) in [6, 6.07) is 10.6. The molecule has 2 aromatic heterocycles. The van der Waals surface area contributed by atoms with E-state index in [1.807, 2.05) is 12.1 Å². The molecular weight excluding hydrogens is 496 g/mol. The number of hydrogen-bond acceptors (Lipinski definition) is 6. The summed E-state index contributed by atoms with van der Waals surface area (Å²) in [5.41, 5.74) is 0.479. The molecule has 0 aliphatic carbocycles. The van der Waals surface area contributed by atoms with Crippen LogP contribution in [0.4, 0.5) is 11.5 Å². The zero-order chi connectivity index (χ0) is 24.6. The van der Waals surface area contributed by atoms with Gasteiger partial charge in [-0.25, -0.2) is 13.4 Å². The third-order valence-electron chi connectivity index (χ3n) is 5.72. The molecule has 1 atom stereocenters. The van der Waals surface area contributed by atoms with Crippen molar-refractivity contribution in [3.63, 3.8) is 0 Å². The van der Waals surface area contributed by atoms with Gasteiger partial charge < -0.3 is 4.90 Å². The molecule has 34 heavy (non-hydrogen) atoms. The van der Waals surface area contributed by atoms with E-state index < -0.39 is 21.2 Å². The second-order valence-electron chi connectivity index (χ2n) is 7.84. The fourth-order valence-electron chi connectivity index (χ4n) is 3.83. The number of thiophene rings is 1. The molecule has 1 saturated heterocycles. The Bertz CT molecular complexity index is 1390. The Balaban J connectivity index is 1.59. The predicted octanol–water partition coefficient (Wildman–Crippen LogP) is 3.84. The second kappa shape index (κ2) is 9.46. The number of anilines is 2. The van der Waals surface area contributed by atoms with E-state index in [-0.39, 0.29) is 25.5 Å². The van der Waals surface area contributed by atoms with Gasteiger partial charge in [-0.1, -0.05) is 23.7 Å². The Morgan fingerprint density at radius 2 is 2.06 bits per heavy atom. The van der Waals surface area contributed by atoms with Crippen molar-refractivity contribution in [2.45, 2.75) is 12.2 Å². The minimum Gasteiger partial charge on any atom is -0.312 e. The average Bonchev–Trinajstić information content (AvgIpc) is 3.21. The van der Waals surface area contributed by atoms with E-state index in [4.69, 9.17) is 11.6 Å². The van der Waals surface area contributed by atoms with Crippen molar-refractivity contribution in [2.24, 2.45) is 0 Å². The van der Waals surface area contributed by atoms with Gasteiger partial charge in [0.05, 0.1) is 12.2 Å². The quantitative estimate of drug-likeness (QED) is 0.462. The maximum Gasteiger partial charge on any atom is 0.243 e. The highest BCUT2D eigenvalue weighted by molar-refractivity contribution is 7.89. The third-order valence-corrected chi connectivity index (χ3v) is 9.40. The number of carbonyl (C=O) groups excluding carboxylic acids is 2. The van der Waals surface area contributed by atoms with Crippen molar-refractivity contribution < 1.29 is 18.0 Å². The number of halogens is 1. The first-order chi connectivity index (χ1) is 16.1. The molecule has 4 rings (SSSR count). The van der Waals surface area contributed by atoms with Gasteiger partial charge >= 0.3 is 0 Å². The molecule has 8 nitrogen and oxygen atoms in total. The number of benzene rings is 1. The molecule has 178 valence electrons. The molecule has 1 aliphatic heterocycles. The Morgan fingerprint density at radius 1 is 1.29 bits per heavy atom. The number of amides is 2. The number of sulfonamides is 1. The lowest BCUT2D eigenvalue weighted by atomic mass is 10.2. The molecule has 0 radical (unpaired) electrons. The molecule has 1 aromatic carbocycles. The number of carbonyl (C=O) groups is 2. The summed E-state index contributed by atoms with van der Waals surface area (Å²) in [5, 5.41) is 0.479. The summed E-state index contributed by atoms with van der Waals surface area (Å²) in [7, 11) is -2.31. The molecule has 0 N–H and O–H groups in total. The van der Waals surface area contributed by atoms with Crippen LogP contribution in [-0.2, 0) is 19.6 Å². The van der Waals surface area contributed by atoms with Crippen molar-refractivity contribution in [1.29, 1.82) is 0 Å². The Kier molecular flexibility index (Phi) is 6.77. The van der Waals surface area contributed by atoms with Crippen LogP contribution in [0.2, 0.25) is 5.02 Å². The van der Waals surface area contributed by atoms with Crippen LogP contribution in [0.1, 0.15) is 17.1 Å². The minimum atomic E-state index is -3.90. The highest BCUT2D eigenvalue weighted by atomic mass is 35.5. The highest BCUT2D eigenvalue weighted by Crippen LogP contribution is 2.37. The van der Waals surface area contributed by atoms with E-state index in [2.05, 4.69) is 11.6 Å². The van der Waals surface area contributed by atoms with Gasteiger partial charge in [0.1, 0.15) is 5.25 Å². The molecule has 3 aromatic rings. The minimum absolute atomic E-state index is 0.0922. The Morgan fingerprint density at radius 3 is 2.74 bits per heavy atom. The van der Waals surface area contributed by atoms with Gasteiger partial charge in [-0.3, -0.25) is 14.5 Å². The highest BCUT2D eigenvalue weighted by Gasteiger charge is 2.38. The largest absolute Gasteiger partial charge is 0.312 e. The number of rotatable bonds is 6. The van der Waals surface area contributed by atoms with Crippen LogP contribution in [0.5, 0.6) is 0 Å². The molecule has 0 saturated carbocycles. The zero-order valence-electron chi connectivity index (χ0n) is 18.6. The first-order valence-corrected chi connectivity index (χ1v) is 13.1. The van der Waals surface area contributed by atoms with Gasteiger partial charge in [-0.15, -0.1) is 17.9 Å². The molecule has 3 heterocycles. The van der Waals surface area contributed by atoms with Crippen LogP contribution in [0.25, 0.3) is 10.1 Å². The lowest BCUT2D eigenvalue weighted by molar-refractivity contribution is -0.120. The normalized spacial score (nSPS) is 16.0. The van der Waals surface area contributed by atoms with Gasteiger partial charge in [0.15, 0.2) is 5.82 Å². The smallest absolute Gasteiger partial charge is 0.243 e. The van der Waals surface area contributed by atoms with E-state index >= 15 is 0 Å². The topological polar surface area (TPSA) is 90.9 Å². The molecule has 11 heteroatoms. The predicted molar refractivity (Wildman–Crippen MR) is 136 cm³/mol. The van der Waals surface area contributed by atoms with E-state index in [9.17, 15) is 18.0 Å². The van der Waals surface area contributed by atoms with Crippen molar-refractivity contribution in [3.8, 4) is 0 Å². The van der Waals surface area contributed by atoms with Crippen LogP contribution >= 0.6 is 22.9 Å². The Hall–Kier alpha value is -2.79. The summed E-state index contributed by atoms with van der Waals surface area (Å²) in [6.45, 7) is 5.04. The molecule has 0 spiro atoms. The molecule has 1 aliphatic rings. The van der Waals surface area contributed by atoms with Crippen molar-refractivity contribution >= 4 is 66.4 Å². The van der Waals surface area contributed by atoms with E-state index in [1.54, 1.807) is 31.3 Å². The number of fused-ring (bicyclic) bond motifs is 1. The number of piperazine rings is 1. The summed E-state index contributed by atoms with van der Waals surface area (Å²) in [5.74, 6) is -0.303. The van der Waals surface area contributed by atoms with Gasteiger partial charge in [0, 0.05) is 47.9 Å². The lowest BCUT2D eigenvalue weighted by Gasteiger charge is -2.35. The van der Waals surface area contributed by atoms with Crippen LogP contribution in [-0.4, -0.2) is 56.2 Å². The van der Waals surface area contributed by atoms with Crippen LogP contribution in [0.3, 0.4) is 0 Å². The van der Waals surface area contributed by atoms with Crippen LogP contribution < -0.4 is 9.80 Å². The van der Waals surface area contributed by atoms with E-state index in [0.29, 0.717) is 21.4 Å². The Labute approximate surface area is 207 Å². The maximum absolute atomic E-state index is 13.5. The monoisotopic (exact) mass is 518 g/mol. The molecular formula is C23H23ClN4O4S2. The summed E-state index contributed by atoms with van der Waals surface area (Å²) in [4.78, 5) is 32.6. The van der Waals surface area contributed by atoms with Gasteiger partial charge in [-0.05, 0) is 35.7 Å². The summed E-state index contributed by atoms with van der Waals surface area (Å²) in [6.07, 6.45) is 2.92. The van der Waals surface area contributed by atoms with E-state index in [0.717, 1.165) is 10.1 Å². The first-order valence-electron chi connectivity index (χ1n) is 10.4. The van der Waals surface area contributed by atoms with Crippen molar-refractivity contribution in [2.75, 3.05) is 36.5 Å². The lowest BCUT2D eigenvalue weighted by Crippen LogP contribution is -2.53. The van der Waals surface area contributed by atoms with Gasteiger partial charge in [0.2, 0.25) is 21.8 Å². The van der Waals surface area contributed by atoms with Crippen molar-refractivity contribution in [1.82, 2.24) is 9.29 Å². The number of nitrogens with zero attached hydrogens (tertiary/aromatic N) is 4. The second-order valence-corrected chi connectivity index (χ2v) is 11.4. The maximum atomic E-state index is 13.5. The van der Waals surface area contributed by atoms with E-state index in [1.165, 1.54) is 44.6 Å². The average molecular weight is 519 g/mol. The number of hydrogen-bond donors (Lipinski definition) is 0. The standard InChI is InChI=1S/C23H23ClN4O4S2/c1-4-21(20-12-16-7-8-17(24)13-19(16)33-20)34(31,32)27-10-11-28(22(30)14-27)23-18(6-5-9-25-23)26(3)15(2)29/h4-9,12-13,21H,1,10-11,14H2,2-3H3. The molecule has 1 unspecified atom stereocenters. The van der Waals surface area contributed by atoms with Crippen molar-refractivity contribution in [3.05, 3.63) is 65.1 Å². The third kappa shape index (κ3) is 4.46. The summed E-state index contributed by atoms with van der Waals surface area (Å²) >= 11 is 7.41. The van der Waals surface area contributed by atoms with Gasteiger partial charge in [-0.2, -0.15) is 4.31 Å². The molecule has 1 fully saturated rings. The van der Waals surface area contributed by atoms with Gasteiger partial charge in [0.25, 0.3) is 0 Å². The SMILES string of the molecule is C=CC(c1cc2ccc(Cl)cc2s1)S(=O)(=O)N1CCN(c2ncccc2N(C)C(C)=O)C(=O)C1. The molecule has 0 bridgehead atoms. The zero-order valence-corrected chi connectivity index (χ0v) is 21.0. The fourth-order valence-corrected chi connectivity index (χ4v) is 7.21. The number of pyridine rings is 1. The summed E-state index contributed by atoms with van der Waals surface area (Å²) < 4.78 is 29.1. The van der Waals surface area contributed by atoms with Crippen LogP contribution in [0.15, 0.2) is 55.3 Å². The van der Waals surface area contributed by atoms with Crippen LogP contribution in [0, 0.1) is 0 Å². The fraction of sp³-hybridized carbons (Fsp3) is 0.261. The molecule has 2 amide bonds. The first kappa shape index (κ1) is 24.3.